The predicted octanol–water partition coefficient (Wildman–Crippen LogP) is 4.15. The molecule has 2 heterocycles. The number of amides is 1. The number of hydrogen-bond donors (Lipinski definition) is 2. The van der Waals surface area contributed by atoms with E-state index in [4.69, 9.17) is 27.6 Å². The number of aromatic amines is 1. The minimum absolute atomic E-state index is 0.203. The average Bonchev–Trinajstić information content (AvgIpc) is 3.27. The molecule has 2 N–H and O–H groups in total. The fourth-order valence-electron chi connectivity index (χ4n) is 2.33. The quantitative estimate of drug-likeness (QED) is 0.617. The lowest BCUT2D eigenvalue weighted by molar-refractivity contribution is 0.0948. The minimum atomic E-state index is -0.332. The van der Waals surface area contributed by atoms with Crippen LogP contribution in [0.2, 0.25) is 10.0 Å². The van der Waals surface area contributed by atoms with Gasteiger partial charge in [-0.05, 0) is 36.4 Å². The zero-order valence-corrected chi connectivity index (χ0v) is 15.3. The lowest BCUT2D eigenvalue weighted by atomic mass is 10.2. The number of furan rings is 1. The van der Waals surface area contributed by atoms with E-state index in [1.165, 1.54) is 13.0 Å². The highest BCUT2D eigenvalue weighted by Crippen LogP contribution is 2.29. The van der Waals surface area contributed by atoms with E-state index in [2.05, 4.69) is 15.5 Å². The number of ketones is 1. The van der Waals surface area contributed by atoms with Crippen molar-refractivity contribution in [2.45, 2.75) is 13.3 Å². The first kappa shape index (κ1) is 18.2. The number of hydrogen-bond acceptors (Lipinski definition) is 4. The molecular formula is C18H15Cl2N3O3. The highest BCUT2D eigenvalue weighted by molar-refractivity contribution is 6.42. The van der Waals surface area contributed by atoms with Gasteiger partial charge >= 0.3 is 0 Å². The van der Waals surface area contributed by atoms with Crippen molar-refractivity contribution < 1.29 is 14.0 Å². The molecule has 0 atom stereocenters. The van der Waals surface area contributed by atoms with Crippen molar-refractivity contribution in [1.29, 1.82) is 0 Å². The molecule has 0 radical (unpaired) electrons. The van der Waals surface area contributed by atoms with Gasteiger partial charge in [0, 0.05) is 25.5 Å². The molecule has 134 valence electrons. The average molecular weight is 392 g/mol. The lowest BCUT2D eigenvalue weighted by Gasteiger charge is -2.02. The Bertz CT molecular complexity index is 962. The highest BCUT2D eigenvalue weighted by atomic mass is 35.5. The van der Waals surface area contributed by atoms with Gasteiger partial charge in [0.2, 0.25) is 0 Å². The predicted molar refractivity (Wildman–Crippen MR) is 98.8 cm³/mol. The van der Waals surface area contributed by atoms with Crippen LogP contribution in [-0.4, -0.2) is 28.4 Å². The van der Waals surface area contributed by atoms with Gasteiger partial charge in [0.15, 0.2) is 5.78 Å². The number of carbonyl (C=O) groups excluding carboxylic acids is 2. The van der Waals surface area contributed by atoms with E-state index in [0.29, 0.717) is 28.8 Å². The number of benzene rings is 1. The smallest absolute Gasteiger partial charge is 0.269 e. The molecule has 0 aliphatic carbocycles. The number of Topliss-reactive ketones (excluding diaryl/α,β-unsaturated/α-hetero) is 1. The molecule has 8 heteroatoms. The third-order valence-corrected chi connectivity index (χ3v) is 4.44. The number of aromatic nitrogens is 2. The molecule has 26 heavy (non-hydrogen) atoms. The minimum Gasteiger partial charge on any atom is -0.461 e. The third-order valence-electron chi connectivity index (χ3n) is 3.71. The summed E-state index contributed by atoms with van der Waals surface area (Å²) in [6, 6.07) is 10.4. The van der Waals surface area contributed by atoms with Gasteiger partial charge in [0.25, 0.3) is 5.91 Å². The zero-order valence-electron chi connectivity index (χ0n) is 13.8. The van der Waals surface area contributed by atoms with E-state index < -0.39 is 0 Å². The van der Waals surface area contributed by atoms with Crippen LogP contribution in [0, 0.1) is 0 Å². The molecule has 1 amide bonds. The molecule has 0 saturated carbocycles. The summed E-state index contributed by atoms with van der Waals surface area (Å²) >= 11 is 11.9. The fraction of sp³-hybridized carbons (Fsp3) is 0.167. The van der Waals surface area contributed by atoms with Gasteiger partial charge in [-0.1, -0.05) is 23.2 Å². The summed E-state index contributed by atoms with van der Waals surface area (Å²) in [4.78, 5) is 23.2. The largest absolute Gasteiger partial charge is 0.461 e. The van der Waals surface area contributed by atoms with Crippen molar-refractivity contribution >= 4 is 34.9 Å². The summed E-state index contributed by atoms with van der Waals surface area (Å²) in [5, 5.41) is 10.0. The van der Waals surface area contributed by atoms with E-state index >= 15 is 0 Å². The van der Waals surface area contributed by atoms with Crippen LogP contribution >= 0.6 is 23.2 Å². The summed E-state index contributed by atoms with van der Waals surface area (Å²) < 4.78 is 5.77. The number of H-pyrrole nitrogens is 1. The molecule has 0 spiro atoms. The Morgan fingerprint density at radius 3 is 2.65 bits per heavy atom. The van der Waals surface area contributed by atoms with Gasteiger partial charge < -0.3 is 9.73 Å². The van der Waals surface area contributed by atoms with Crippen molar-refractivity contribution in [2.75, 3.05) is 6.54 Å². The van der Waals surface area contributed by atoms with Crippen LogP contribution in [-0.2, 0) is 6.42 Å². The van der Waals surface area contributed by atoms with E-state index in [1.54, 1.807) is 12.1 Å². The Morgan fingerprint density at radius 1 is 1.15 bits per heavy atom. The standard InChI is InChI=1S/C18H15Cl2N3O3/c1-10(24)15-9-16(23-22-15)18(25)21-7-6-12-3-5-17(26-12)11-2-4-13(19)14(20)8-11/h2-5,8-9H,6-7H2,1H3,(H,21,25)(H,22,23). The van der Waals surface area contributed by atoms with E-state index in [1.807, 2.05) is 18.2 Å². The Balaban J connectivity index is 1.57. The van der Waals surface area contributed by atoms with Crippen molar-refractivity contribution in [3.63, 3.8) is 0 Å². The molecule has 0 saturated heterocycles. The van der Waals surface area contributed by atoms with Crippen LogP contribution in [0.15, 0.2) is 40.8 Å². The van der Waals surface area contributed by atoms with Crippen molar-refractivity contribution in [3.05, 3.63) is 63.6 Å². The number of nitrogens with one attached hydrogen (secondary N) is 2. The maximum Gasteiger partial charge on any atom is 0.269 e. The molecule has 1 aromatic carbocycles. The van der Waals surface area contributed by atoms with Gasteiger partial charge in [0.05, 0.1) is 10.0 Å². The van der Waals surface area contributed by atoms with Gasteiger partial charge in [-0.25, -0.2) is 0 Å². The van der Waals surface area contributed by atoms with Crippen LogP contribution in [0.3, 0.4) is 0 Å². The monoisotopic (exact) mass is 391 g/mol. The summed E-state index contributed by atoms with van der Waals surface area (Å²) in [5.41, 5.74) is 1.29. The Morgan fingerprint density at radius 2 is 1.96 bits per heavy atom. The van der Waals surface area contributed by atoms with Crippen LogP contribution in [0.1, 0.15) is 33.7 Å². The summed E-state index contributed by atoms with van der Waals surface area (Å²) in [7, 11) is 0. The first-order chi connectivity index (χ1) is 12.4. The fourth-order valence-corrected chi connectivity index (χ4v) is 2.63. The summed E-state index contributed by atoms with van der Waals surface area (Å²) in [5.74, 6) is 0.858. The molecule has 2 aromatic heterocycles. The first-order valence-corrected chi connectivity index (χ1v) is 8.58. The molecular weight excluding hydrogens is 377 g/mol. The Kier molecular flexibility index (Phi) is 5.44. The van der Waals surface area contributed by atoms with Crippen LogP contribution in [0.25, 0.3) is 11.3 Å². The van der Waals surface area contributed by atoms with Gasteiger partial charge in [0.1, 0.15) is 22.9 Å². The van der Waals surface area contributed by atoms with Gasteiger partial charge in [-0.2, -0.15) is 5.10 Å². The van der Waals surface area contributed by atoms with E-state index in [9.17, 15) is 9.59 Å². The Hall–Kier alpha value is -2.57. The summed E-state index contributed by atoms with van der Waals surface area (Å²) in [6.07, 6.45) is 0.515. The van der Waals surface area contributed by atoms with E-state index in [-0.39, 0.29) is 23.1 Å². The van der Waals surface area contributed by atoms with Crippen molar-refractivity contribution in [3.8, 4) is 11.3 Å². The topological polar surface area (TPSA) is 88.0 Å². The molecule has 3 aromatic rings. The number of nitrogens with zero attached hydrogens (tertiary/aromatic N) is 1. The molecule has 3 rings (SSSR count). The second-order valence-corrected chi connectivity index (χ2v) is 6.44. The SMILES string of the molecule is CC(=O)c1cc(C(=O)NCCc2ccc(-c3ccc(Cl)c(Cl)c3)o2)[nH]n1. The maximum atomic E-state index is 12.0. The van der Waals surface area contributed by atoms with Crippen molar-refractivity contribution in [2.24, 2.45) is 0 Å². The molecule has 0 aliphatic rings. The van der Waals surface area contributed by atoms with E-state index in [0.717, 1.165) is 11.3 Å². The van der Waals surface area contributed by atoms with Gasteiger partial charge in [-0.15, -0.1) is 0 Å². The number of carbonyl (C=O) groups is 2. The molecule has 0 bridgehead atoms. The lowest BCUT2D eigenvalue weighted by Crippen LogP contribution is -2.25. The normalized spacial score (nSPS) is 10.7. The molecule has 0 aliphatic heterocycles. The van der Waals surface area contributed by atoms with Crippen LogP contribution in [0.5, 0.6) is 0 Å². The molecule has 0 fully saturated rings. The Labute approximate surface area is 159 Å². The maximum absolute atomic E-state index is 12.0. The molecule has 0 unspecified atom stereocenters. The summed E-state index contributed by atoms with van der Waals surface area (Å²) in [6.45, 7) is 1.77. The number of rotatable bonds is 6. The van der Waals surface area contributed by atoms with Gasteiger partial charge in [-0.3, -0.25) is 14.7 Å². The zero-order chi connectivity index (χ0) is 18.7. The first-order valence-electron chi connectivity index (χ1n) is 7.82. The van der Waals surface area contributed by atoms with Crippen LogP contribution < -0.4 is 5.32 Å². The number of halogens is 2. The third kappa shape index (κ3) is 4.15. The molecule has 6 nitrogen and oxygen atoms in total. The second kappa shape index (κ2) is 7.76. The van der Waals surface area contributed by atoms with Crippen LogP contribution in [0.4, 0.5) is 0 Å². The highest BCUT2D eigenvalue weighted by Gasteiger charge is 2.12. The van der Waals surface area contributed by atoms with Crippen molar-refractivity contribution in [1.82, 2.24) is 15.5 Å². The second-order valence-electron chi connectivity index (χ2n) is 5.62.